The van der Waals surface area contributed by atoms with E-state index in [9.17, 15) is 8.42 Å². The monoisotopic (exact) mass is 346 g/mol. The minimum absolute atomic E-state index is 0.0326. The van der Waals surface area contributed by atoms with Gasteiger partial charge in [0.25, 0.3) is 10.2 Å². The Balaban J connectivity index is 1.51. The van der Waals surface area contributed by atoms with Gasteiger partial charge in [0, 0.05) is 31.2 Å². The van der Waals surface area contributed by atoms with Crippen molar-refractivity contribution in [1.82, 2.24) is 28.5 Å². The first-order valence-corrected chi connectivity index (χ1v) is 9.29. The van der Waals surface area contributed by atoms with Gasteiger partial charge in [-0.1, -0.05) is 0 Å². The second-order valence-corrected chi connectivity index (χ2v) is 9.16. The van der Waals surface area contributed by atoms with E-state index in [1.165, 1.54) is 4.31 Å². The fourth-order valence-electron chi connectivity index (χ4n) is 4.33. The topological polar surface area (TPSA) is 95.9 Å². The van der Waals surface area contributed by atoms with Gasteiger partial charge in [-0.05, 0) is 25.3 Å². The first-order valence-electron chi connectivity index (χ1n) is 7.85. The first-order chi connectivity index (χ1) is 11.3. The van der Waals surface area contributed by atoms with E-state index < -0.39 is 10.2 Å². The zero-order valence-electron chi connectivity index (χ0n) is 13.4. The molecule has 3 aliphatic carbocycles. The van der Waals surface area contributed by atoms with Gasteiger partial charge < -0.3 is 9.55 Å². The number of rotatable bonds is 4. The molecule has 6 rings (SSSR count). The van der Waals surface area contributed by atoms with E-state index in [1.807, 2.05) is 18.6 Å². The van der Waals surface area contributed by atoms with Crippen LogP contribution in [0.2, 0.25) is 0 Å². The number of imidazole rings is 1. The predicted molar refractivity (Wildman–Crippen MR) is 89.7 cm³/mol. The third-order valence-electron chi connectivity index (χ3n) is 5.43. The summed E-state index contributed by atoms with van der Waals surface area (Å²) in [6, 6.07) is 2.01. The smallest absolute Gasteiger partial charge is 0.279 e. The second-order valence-electron chi connectivity index (χ2n) is 7.27. The molecule has 3 aromatic rings. The van der Waals surface area contributed by atoms with Gasteiger partial charge in [-0.25, -0.2) is 9.97 Å². The van der Waals surface area contributed by atoms with Crippen molar-refractivity contribution in [3.05, 3.63) is 24.8 Å². The molecular formula is C15H18N6O2S. The number of nitrogens with one attached hydrogen (secondary N) is 2. The number of hydrogen-bond acceptors (Lipinski definition) is 4. The average molecular weight is 346 g/mol. The highest BCUT2D eigenvalue weighted by Crippen LogP contribution is 2.66. The van der Waals surface area contributed by atoms with Crippen LogP contribution < -0.4 is 4.72 Å². The quantitative estimate of drug-likeness (QED) is 0.735. The molecule has 3 aliphatic rings. The fraction of sp³-hybridized carbons (Fsp3) is 0.467. The lowest BCUT2D eigenvalue weighted by Gasteiger charge is -2.70. The van der Waals surface area contributed by atoms with Gasteiger partial charge >= 0.3 is 0 Å². The van der Waals surface area contributed by atoms with Crippen molar-refractivity contribution in [2.75, 3.05) is 14.1 Å². The van der Waals surface area contributed by atoms with Crippen LogP contribution in [0.15, 0.2) is 24.8 Å². The molecule has 8 nitrogen and oxygen atoms in total. The van der Waals surface area contributed by atoms with Crippen molar-refractivity contribution in [1.29, 1.82) is 0 Å². The number of H-pyrrole nitrogens is 1. The third kappa shape index (κ3) is 1.66. The summed E-state index contributed by atoms with van der Waals surface area (Å²) in [5.41, 5.74) is 2.46. The van der Waals surface area contributed by atoms with Gasteiger partial charge in [-0.2, -0.15) is 17.4 Å². The lowest BCUT2D eigenvalue weighted by atomic mass is 9.44. The van der Waals surface area contributed by atoms with Crippen molar-refractivity contribution in [2.24, 2.45) is 0 Å². The maximum Gasteiger partial charge on any atom is 0.279 e. The van der Waals surface area contributed by atoms with Crippen LogP contribution in [-0.4, -0.2) is 51.9 Å². The van der Waals surface area contributed by atoms with Crippen molar-refractivity contribution in [2.45, 2.75) is 30.3 Å². The molecule has 0 spiro atoms. The molecule has 0 amide bonds. The first kappa shape index (κ1) is 14.4. The molecule has 3 fully saturated rings. The highest BCUT2D eigenvalue weighted by atomic mass is 32.2. The van der Waals surface area contributed by atoms with Gasteiger partial charge in [-0.3, -0.25) is 0 Å². The maximum absolute atomic E-state index is 12.1. The molecule has 3 heterocycles. The molecule has 0 atom stereocenters. The van der Waals surface area contributed by atoms with Crippen LogP contribution in [0.1, 0.15) is 19.3 Å². The van der Waals surface area contributed by atoms with Crippen molar-refractivity contribution >= 4 is 32.3 Å². The predicted octanol–water partition coefficient (Wildman–Crippen LogP) is 0.940. The number of hydrogen-bond donors (Lipinski definition) is 2. The minimum Gasteiger partial charge on any atom is -0.346 e. The highest BCUT2D eigenvalue weighted by molar-refractivity contribution is 7.87. The number of aromatic amines is 1. The van der Waals surface area contributed by atoms with E-state index in [0.717, 1.165) is 41.3 Å². The Hall–Kier alpha value is -1.97. The molecule has 0 aromatic carbocycles. The molecule has 3 saturated carbocycles. The van der Waals surface area contributed by atoms with Gasteiger partial charge in [0.05, 0.1) is 23.6 Å². The standard InChI is InChI=1S/C15H18N6O2S/c1-20(2)24(22,23)19-14-6-15(7-14,8-14)21-9-18-11-5-17-13-10(12(11)21)3-4-16-13/h3-5,9,19H,6-8H2,1-2H3,(H,16,17). The third-order valence-corrected chi connectivity index (χ3v) is 7.08. The summed E-state index contributed by atoms with van der Waals surface area (Å²) in [5, 5.41) is 1.05. The van der Waals surface area contributed by atoms with Crippen LogP contribution in [0, 0.1) is 0 Å². The lowest BCUT2D eigenvalue weighted by Crippen LogP contribution is -2.79. The van der Waals surface area contributed by atoms with Crippen LogP contribution in [-0.2, 0) is 15.7 Å². The Morgan fingerprint density at radius 3 is 2.75 bits per heavy atom. The minimum atomic E-state index is -3.40. The van der Waals surface area contributed by atoms with E-state index in [0.29, 0.717) is 0 Å². The average Bonchev–Trinajstić information content (AvgIpc) is 3.06. The largest absolute Gasteiger partial charge is 0.346 e. The Morgan fingerprint density at radius 2 is 2.04 bits per heavy atom. The van der Waals surface area contributed by atoms with E-state index in [-0.39, 0.29) is 11.1 Å². The summed E-state index contributed by atoms with van der Waals surface area (Å²) >= 11 is 0. The zero-order chi connectivity index (χ0) is 16.7. The summed E-state index contributed by atoms with van der Waals surface area (Å²) in [6.45, 7) is 0. The lowest BCUT2D eigenvalue weighted by molar-refractivity contribution is -0.123. The molecule has 2 bridgehead atoms. The van der Waals surface area contributed by atoms with E-state index in [2.05, 4.69) is 24.2 Å². The zero-order valence-corrected chi connectivity index (χ0v) is 14.3. The number of nitrogens with zero attached hydrogens (tertiary/aromatic N) is 4. The SMILES string of the molecule is CN(C)S(=O)(=O)NC12CC(n3cnc4cnc5[nH]ccc5c43)(C1)C2. The number of fused-ring (bicyclic) bond motifs is 3. The molecular weight excluding hydrogens is 328 g/mol. The Morgan fingerprint density at radius 1 is 1.29 bits per heavy atom. The summed E-state index contributed by atoms with van der Waals surface area (Å²) in [6.07, 6.45) is 7.92. The van der Waals surface area contributed by atoms with Crippen molar-refractivity contribution in [3.8, 4) is 0 Å². The molecule has 126 valence electrons. The summed E-state index contributed by atoms with van der Waals surface area (Å²) in [5.74, 6) is 0. The molecule has 0 radical (unpaired) electrons. The molecule has 2 N–H and O–H groups in total. The van der Waals surface area contributed by atoms with E-state index in [1.54, 1.807) is 20.3 Å². The van der Waals surface area contributed by atoms with Crippen LogP contribution in [0.25, 0.3) is 22.1 Å². The molecule has 9 heteroatoms. The molecule has 3 aromatic heterocycles. The maximum atomic E-state index is 12.1. The van der Waals surface area contributed by atoms with Crippen LogP contribution in [0.4, 0.5) is 0 Å². The Bertz CT molecular complexity index is 1060. The normalized spacial score (nSPS) is 29.1. The van der Waals surface area contributed by atoms with Crippen LogP contribution in [0.5, 0.6) is 0 Å². The second kappa shape index (κ2) is 4.16. The Labute approximate surface area is 139 Å². The summed E-state index contributed by atoms with van der Waals surface area (Å²) in [4.78, 5) is 12.0. The van der Waals surface area contributed by atoms with Gasteiger partial charge in [-0.15, -0.1) is 0 Å². The van der Waals surface area contributed by atoms with E-state index in [4.69, 9.17) is 0 Å². The molecule has 0 saturated heterocycles. The highest BCUT2D eigenvalue weighted by Gasteiger charge is 2.70. The van der Waals surface area contributed by atoms with Gasteiger partial charge in [0.1, 0.15) is 11.2 Å². The van der Waals surface area contributed by atoms with Gasteiger partial charge in [0.2, 0.25) is 0 Å². The van der Waals surface area contributed by atoms with E-state index >= 15 is 0 Å². The van der Waals surface area contributed by atoms with Crippen molar-refractivity contribution < 1.29 is 8.42 Å². The molecule has 0 aliphatic heterocycles. The fourth-order valence-corrected chi connectivity index (χ4v) is 5.28. The van der Waals surface area contributed by atoms with Crippen molar-refractivity contribution in [3.63, 3.8) is 0 Å². The molecule has 24 heavy (non-hydrogen) atoms. The summed E-state index contributed by atoms with van der Waals surface area (Å²) in [7, 11) is -0.311. The Kier molecular flexibility index (Phi) is 2.49. The molecule has 0 unspecified atom stereocenters. The van der Waals surface area contributed by atoms with Crippen LogP contribution in [0.3, 0.4) is 0 Å². The number of aromatic nitrogens is 4. The van der Waals surface area contributed by atoms with Gasteiger partial charge in [0.15, 0.2) is 0 Å². The number of pyridine rings is 1. The van der Waals surface area contributed by atoms with Crippen LogP contribution >= 0.6 is 0 Å². The summed E-state index contributed by atoms with van der Waals surface area (Å²) < 4.78 is 30.5.